The number of hydrogen-bond acceptors (Lipinski definition) is 3. The minimum absolute atomic E-state index is 0.208. The number of fused-ring (bicyclic) bond motifs is 1. The first-order chi connectivity index (χ1) is 10.2. The van der Waals surface area contributed by atoms with Crippen LogP contribution in [0.2, 0.25) is 5.02 Å². The Labute approximate surface area is 129 Å². The van der Waals surface area contributed by atoms with Crippen LogP contribution in [-0.2, 0) is 11.3 Å². The number of hydrogen-bond donors (Lipinski definition) is 1. The minimum atomic E-state index is -4.49. The molecule has 0 unspecified atom stereocenters. The summed E-state index contributed by atoms with van der Waals surface area (Å²) in [6, 6.07) is 6.58. The number of rotatable bonds is 5. The molecule has 1 heterocycles. The number of aromatic nitrogens is 1. The van der Waals surface area contributed by atoms with Crippen molar-refractivity contribution in [2.45, 2.75) is 12.7 Å². The van der Waals surface area contributed by atoms with Crippen molar-refractivity contribution in [1.29, 1.82) is 0 Å². The number of nitrogens with zero attached hydrogens (tertiary/aromatic N) is 2. The van der Waals surface area contributed by atoms with E-state index in [1.165, 1.54) is 12.3 Å². The highest BCUT2D eigenvalue weighted by Gasteiger charge is 2.31. The van der Waals surface area contributed by atoms with Crippen molar-refractivity contribution >= 4 is 28.5 Å². The fourth-order valence-electron chi connectivity index (χ4n) is 2.20. The standard InChI is InChI=1S/C14H12ClF3N2O2/c15-11-4-9-2-1-3-19-13(9)10(5-11)6-20(7-12(21)22)8-14(16,17)18/h1-5H,6-8H2,(H,21,22). The summed E-state index contributed by atoms with van der Waals surface area (Å²) >= 11 is 5.96. The van der Waals surface area contributed by atoms with Crippen LogP contribution in [0, 0.1) is 0 Å². The second-order valence-corrected chi connectivity index (χ2v) is 5.23. The molecule has 0 atom stereocenters. The van der Waals surface area contributed by atoms with E-state index in [-0.39, 0.29) is 6.54 Å². The predicted octanol–water partition coefficient (Wildman–Crippen LogP) is 3.34. The van der Waals surface area contributed by atoms with Crippen molar-refractivity contribution in [3.8, 4) is 0 Å². The lowest BCUT2D eigenvalue weighted by Crippen LogP contribution is -2.37. The van der Waals surface area contributed by atoms with Gasteiger partial charge in [0, 0.05) is 23.2 Å². The number of alkyl halides is 3. The molecule has 0 aliphatic rings. The number of carboxylic acid groups (broad SMARTS) is 1. The molecular weight excluding hydrogens is 321 g/mol. The number of carbonyl (C=O) groups is 1. The fourth-order valence-corrected chi connectivity index (χ4v) is 2.45. The number of carboxylic acids is 1. The van der Waals surface area contributed by atoms with Crippen molar-refractivity contribution in [3.05, 3.63) is 41.0 Å². The highest BCUT2D eigenvalue weighted by atomic mass is 35.5. The highest BCUT2D eigenvalue weighted by Crippen LogP contribution is 2.25. The van der Waals surface area contributed by atoms with Crippen LogP contribution in [0.1, 0.15) is 5.56 Å². The Hall–Kier alpha value is -1.86. The van der Waals surface area contributed by atoms with Gasteiger partial charge in [-0.15, -0.1) is 0 Å². The maximum Gasteiger partial charge on any atom is 0.401 e. The van der Waals surface area contributed by atoms with Gasteiger partial charge in [0.2, 0.25) is 0 Å². The van der Waals surface area contributed by atoms with Crippen molar-refractivity contribution in [1.82, 2.24) is 9.88 Å². The summed E-state index contributed by atoms with van der Waals surface area (Å²) < 4.78 is 37.7. The molecule has 2 aromatic rings. The molecule has 0 bridgehead atoms. The first-order valence-corrected chi connectivity index (χ1v) is 6.66. The Morgan fingerprint density at radius 3 is 2.73 bits per heavy atom. The Bertz CT molecular complexity index is 691. The van der Waals surface area contributed by atoms with Gasteiger partial charge in [0.1, 0.15) is 0 Å². The van der Waals surface area contributed by atoms with Gasteiger partial charge in [0.15, 0.2) is 0 Å². The van der Waals surface area contributed by atoms with E-state index in [9.17, 15) is 18.0 Å². The van der Waals surface area contributed by atoms with Gasteiger partial charge >= 0.3 is 12.1 Å². The van der Waals surface area contributed by atoms with Crippen LogP contribution in [0.25, 0.3) is 10.9 Å². The average molecular weight is 333 g/mol. The summed E-state index contributed by atoms with van der Waals surface area (Å²) in [6.45, 7) is -2.25. The molecule has 8 heteroatoms. The highest BCUT2D eigenvalue weighted by molar-refractivity contribution is 6.31. The first kappa shape index (κ1) is 16.5. The third-order valence-corrected chi connectivity index (χ3v) is 3.12. The van der Waals surface area contributed by atoms with E-state index in [1.54, 1.807) is 18.2 Å². The molecule has 0 radical (unpaired) electrons. The van der Waals surface area contributed by atoms with Gasteiger partial charge in [0.05, 0.1) is 18.6 Å². The lowest BCUT2D eigenvalue weighted by Gasteiger charge is -2.22. The van der Waals surface area contributed by atoms with Crippen molar-refractivity contribution in [2.75, 3.05) is 13.1 Å². The van der Waals surface area contributed by atoms with Crippen LogP contribution in [0.3, 0.4) is 0 Å². The molecule has 118 valence electrons. The molecule has 4 nitrogen and oxygen atoms in total. The average Bonchev–Trinajstić information content (AvgIpc) is 2.35. The molecule has 2 rings (SSSR count). The van der Waals surface area contributed by atoms with E-state index in [1.807, 2.05) is 0 Å². The quantitative estimate of drug-likeness (QED) is 0.912. The number of halogens is 4. The summed E-state index contributed by atoms with van der Waals surface area (Å²) in [7, 11) is 0. The lowest BCUT2D eigenvalue weighted by molar-refractivity contribution is -0.154. The third kappa shape index (κ3) is 4.57. The van der Waals surface area contributed by atoms with Crippen molar-refractivity contribution in [2.24, 2.45) is 0 Å². The smallest absolute Gasteiger partial charge is 0.401 e. The topological polar surface area (TPSA) is 53.4 Å². The first-order valence-electron chi connectivity index (χ1n) is 6.28. The summed E-state index contributed by atoms with van der Waals surface area (Å²) in [5, 5.41) is 9.82. The molecule has 1 aromatic heterocycles. The second kappa shape index (κ2) is 6.50. The van der Waals surface area contributed by atoms with Gasteiger partial charge in [-0.3, -0.25) is 14.7 Å². The van der Waals surface area contributed by atoms with Gasteiger partial charge < -0.3 is 5.11 Å². The van der Waals surface area contributed by atoms with E-state index >= 15 is 0 Å². The molecule has 0 fully saturated rings. The Kier molecular flexibility index (Phi) is 4.87. The molecule has 22 heavy (non-hydrogen) atoms. The van der Waals surface area contributed by atoms with Crippen LogP contribution in [0.5, 0.6) is 0 Å². The van der Waals surface area contributed by atoms with Gasteiger partial charge in [-0.1, -0.05) is 17.7 Å². The van der Waals surface area contributed by atoms with Crippen molar-refractivity contribution < 1.29 is 23.1 Å². The lowest BCUT2D eigenvalue weighted by atomic mass is 10.1. The van der Waals surface area contributed by atoms with Gasteiger partial charge in [-0.2, -0.15) is 13.2 Å². The normalized spacial score (nSPS) is 12.0. The number of pyridine rings is 1. The summed E-state index contributed by atoms with van der Waals surface area (Å²) in [6.07, 6.45) is -2.97. The van der Waals surface area contributed by atoms with Crippen LogP contribution in [0.15, 0.2) is 30.5 Å². The van der Waals surface area contributed by atoms with Gasteiger partial charge in [-0.05, 0) is 23.8 Å². The summed E-state index contributed by atoms with van der Waals surface area (Å²) in [5.41, 5.74) is 0.957. The Morgan fingerprint density at radius 1 is 1.36 bits per heavy atom. The molecule has 0 aliphatic carbocycles. The molecule has 0 spiro atoms. The molecule has 1 N–H and O–H groups in total. The zero-order chi connectivity index (χ0) is 16.3. The third-order valence-electron chi connectivity index (χ3n) is 2.90. The molecule has 0 amide bonds. The Balaban J connectivity index is 2.34. The van der Waals surface area contributed by atoms with Crippen LogP contribution < -0.4 is 0 Å². The summed E-state index contributed by atoms with van der Waals surface area (Å²) in [5.74, 6) is -1.33. The SMILES string of the molecule is O=C(O)CN(Cc1cc(Cl)cc2cccnc12)CC(F)(F)F. The molecule has 1 aromatic carbocycles. The van der Waals surface area contributed by atoms with Crippen LogP contribution >= 0.6 is 11.6 Å². The molecule has 0 saturated heterocycles. The van der Waals surface area contributed by atoms with Gasteiger partial charge in [0.25, 0.3) is 0 Å². The Morgan fingerprint density at radius 2 is 2.09 bits per heavy atom. The zero-order valence-electron chi connectivity index (χ0n) is 11.3. The largest absolute Gasteiger partial charge is 0.480 e. The maximum absolute atomic E-state index is 12.6. The number of aliphatic carboxylic acids is 1. The minimum Gasteiger partial charge on any atom is -0.480 e. The monoisotopic (exact) mass is 332 g/mol. The molecular formula is C14H12ClF3N2O2. The van der Waals surface area contributed by atoms with E-state index in [0.717, 1.165) is 4.90 Å². The maximum atomic E-state index is 12.6. The zero-order valence-corrected chi connectivity index (χ0v) is 12.0. The van der Waals surface area contributed by atoms with E-state index < -0.39 is 25.2 Å². The second-order valence-electron chi connectivity index (χ2n) is 4.79. The predicted molar refractivity (Wildman–Crippen MR) is 75.7 cm³/mol. The van der Waals surface area contributed by atoms with Crippen LogP contribution in [0.4, 0.5) is 13.2 Å². The molecule has 0 saturated carbocycles. The van der Waals surface area contributed by atoms with E-state index in [2.05, 4.69) is 4.98 Å². The van der Waals surface area contributed by atoms with E-state index in [0.29, 0.717) is 21.5 Å². The van der Waals surface area contributed by atoms with E-state index in [4.69, 9.17) is 16.7 Å². The fraction of sp³-hybridized carbons (Fsp3) is 0.286. The van der Waals surface area contributed by atoms with Crippen molar-refractivity contribution in [3.63, 3.8) is 0 Å². The number of benzene rings is 1. The summed E-state index contributed by atoms with van der Waals surface area (Å²) in [4.78, 5) is 15.7. The van der Waals surface area contributed by atoms with Gasteiger partial charge in [-0.25, -0.2) is 0 Å². The molecule has 0 aliphatic heterocycles. The van der Waals surface area contributed by atoms with Crippen LogP contribution in [-0.4, -0.2) is 40.2 Å².